The van der Waals surface area contributed by atoms with Gasteiger partial charge in [-0.25, -0.2) is 0 Å². The fourth-order valence-corrected chi connectivity index (χ4v) is 2.41. The second kappa shape index (κ2) is 5.63. The smallest absolute Gasteiger partial charge is 0.0636 e. The molecular formula is C14H22N2O. The lowest BCUT2D eigenvalue weighted by molar-refractivity contribution is 0.0576. The van der Waals surface area contributed by atoms with E-state index in [4.69, 9.17) is 10.6 Å². The van der Waals surface area contributed by atoms with Gasteiger partial charge in [0.25, 0.3) is 0 Å². The first-order valence-corrected chi connectivity index (χ1v) is 6.36. The molecule has 0 radical (unpaired) electrons. The number of hydrazine groups is 1. The first kappa shape index (κ1) is 12.6. The minimum Gasteiger partial charge on any atom is -0.377 e. The average molecular weight is 234 g/mol. The summed E-state index contributed by atoms with van der Waals surface area (Å²) in [6.07, 6.45) is 2.50. The van der Waals surface area contributed by atoms with Crippen LogP contribution in [-0.2, 0) is 11.2 Å². The molecule has 0 fully saturated rings. The van der Waals surface area contributed by atoms with Crippen molar-refractivity contribution in [1.82, 2.24) is 5.43 Å². The van der Waals surface area contributed by atoms with Crippen LogP contribution in [0, 0.1) is 0 Å². The molecular weight excluding hydrogens is 212 g/mol. The van der Waals surface area contributed by atoms with Crippen molar-refractivity contribution in [2.45, 2.75) is 44.8 Å². The Kier molecular flexibility index (Phi) is 4.15. The summed E-state index contributed by atoms with van der Waals surface area (Å²) >= 11 is 0. The first-order valence-electron chi connectivity index (χ1n) is 6.36. The highest BCUT2D eigenvalue weighted by molar-refractivity contribution is 5.39. The summed E-state index contributed by atoms with van der Waals surface area (Å²) < 4.78 is 5.61. The maximum Gasteiger partial charge on any atom is 0.0636 e. The number of nitrogens with two attached hydrogens (primary N) is 1. The van der Waals surface area contributed by atoms with E-state index in [0.717, 1.165) is 6.42 Å². The Labute approximate surface area is 103 Å². The molecule has 0 saturated carbocycles. The zero-order valence-electron chi connectivity index (χ0n) is 10.6. The molecule has 17 heavy (non-hydrogen) atoms. The van der Waals surface area contributed by atoms with E-state index in [9.17, 15) is 0 Å². The minimum absolute atomic E-state index is 0.246. The third kappa shape index (κ3) is 3.06. The molecule has 3 N–H and O–H groups in total. The third-order valence-corrected chi connectivity index (χ3v) is 3.40. The summed E-state index contributed by atoms with van der Waals surface area (Å²) in [7, 11) is 0. The van der Waals surface area contributed by atoms with E-state index in [-0.39, 0.29) is 12.1 Å². The van der Waals surface area contributed by atoms with Gasteiger partial charge in [-0.15, -0.1) is 0 Å². The number of fused-ring (bicyclic) bond motifs is 1. The fraction of sp³-hybridized carbons (Fsp3) is 0.571. The van der Waals surface area contributed by atoms with Gasteiger partial charge in [-0.05, 0) is 43.7 Å². The molecule has 0 aromatic heterocycles. The van der Waals surface area contributed by atoms with Crippen LogP contribution >= 0.6 is 0 Å². The SMILES string of the molecule is CC(C)OCC(CC1Cc2ccccc21)NN. The summed E-state index contributed by atoms with van der Waals surface area (Å²) in [6, 6.07) is 8.90. The lowest BCUT2D eigenvalue weighted by atomic mass is 9.74. The number of rotatable bonds is 6. The molecule has 2 rings (SSSR count). The topological polar surface area (TPSA) is 47.3 Å². The molecule has 0 amide bonds. The Morgan fingerprint density at radius 2 is 2.18 bits per heavy atom. The van der Waals surface area contributed by atoms with Gasteiger partial charge in [0.05, 0.1) is 12.7 Å². The summed E-state index contributed by atoms with van der Waals surface area (Å²) in [5.41, 5.74) is 5.83. The molecule has 0 bridgehead atoms. The number of nitrogens with one attached hydrogen (secondary N) is 1. The molecule has 3 heteroatoms. The Morgan fingerprint density at radius 3 is 2.82 bits per heavy atom. The Morgan fingerprint density at radius 1 is 1.41 bits per heavy atom. The van der Waals surface area contributed by atoms with Crippen LogP contribution in [0.15, 0.2) is 24.3 Å². The highest BCUT2D eigenvalue weighted by Gasteiger charge is 2.27. The van der Waals surface area contributed by atoms with Gasteiger partial charge in [0.15, 0.2) is 0 Å². The van der Waals surface area contributed by atoms with Crippen molar-refractivity contribution in [3.63, 3.8) is 0 Å². The van der Waals surface area contributed by atoms with Crippen LogP contribution in [0.3, 0.4) is 0 Å². The molecule has 0 saturated heterocycles. The van der Waals surface area contributed by atoms with Crippen LogP contribution in [0.25, 0.3) is 0 Å². The molecule has 1 aliphatic carbocycles. The van der Waals surface area contributed by atoms with Crippen LogP contribution in [-0.4, -0.2) is 18.8 Å². The Bertz CT molecular complexity index is 365. The van der Waals surface area contributed by atoms with E-state index >= 15 is 0 Å². The van der Waals surface area contributed by atoms with E-state index in [1.54, 1.807) is 0 Å². The molecule has 1 aliphatic rings. The lowest BCUT2D eigenvalue weighted by Crippen LogP contribution is -2.41. The maximum absolute atomic E-state index is 5.61. The van der Waals surface area contributed by atoms with E-state index < -0.39 is 0 Å². The van der Waals surface area contributed by atoms with Gasteiger partial charge in [-0.2, -0.15) is 0 Å². The summed E-state index contributed by atoms with van der Waals surface area (Å²) in [5.74, 6) is 6.22. The van der Waals surface area contributed by atoms with Gasteiger partial charge < -0.3 is 4.74 Å². The van der Waals surface area contributed by atoms with Crippen molar-refractivity contribution in [2.75, 3.05) is 6.61 Å². The lowest BCUT2D eigenvalue weighted by Gasteiger charge is -2.33. The maximum atomic E-state index is 5.61. The van der Waals surface area contributed by atoms with Crippen molar-refractivity contribution in [1.29, 1.82) is 0 Å². The largest absolute Gasteiger partial charge is 0.377 e. The molecule has 1 aromatic carbocycles. The summed E-state index contributed by atoms with van der Waals surface area (Å²) in [4.78, 5) is 0. The second-order valence-corrected chi connectivity index (χ2v) is 5.08. The highest BCUT2D eigenvalue weighted by Crippen LogP contribution is 2.37. The molecule has 2 atom stereocenters. The van der Waals surface area contributed by atoms with E-state index in [2.05, 4.69) is 29.7 Å². The standard InChI is InChI=1S/C14H22N2O/c1-10(2)17-9-13(16-15)8-12-7-11-5-3-4-6-14(11)12/h3-6,10,12-13,16H,7-9,15H2,1-2H3. The molecule has 0 spiro atoms. The van der Waals surface area contributed by atoms with Crippen molar-refractivity contribution in [2.24, 2.45) is 5.84 Å². The van der Waals surface area contributed by atoms with Gasteiger partial charge in [0.1, 0.15) is 0 Å². The quantitative estimate of drug-likeness (QED) is 0.584. The number of ether oxygens (including phenoxy) is 1. The van der Waals surface area contributed by atoms with E-state index in [0.29, 0.717) is 12.5 Å². The molecule has 1 aromatic rings. The number of hydrogen-bond donors (Lipinski definition) is 2. The fourth-order valence-electron chi connectivity index (χ4n) is 2.41. The van der Waals surface area contributed by atoms with Gasteiger partial charge in [-0.1, -0.05) is 24.3 Å². The minimum atomic E-state index is 0.246. The molecule has 2 unspecified atom stereocenters. The van der Waals surface area contributed by atoms with Crippen LogP contribution in [0.5, 0.6) is 0 Å². The zero-order valence-corrected chi connectivity index (χ0v) is 10.6. The van der Waals surface area contributed by atoms with Crippen molar-refractivity contribution < 1.29 is 4.74 Å². The van der Waals surface area contributed by atoms with E-state index in [1.165, 1.54) is 17.5 Å². The monoisotopic (exact) mass is 234 g/mol. The van der Waals surface area contributed by atoms with Crippen molar-refractivity contribution in [3.8, 4) is 0 Å². The second-order valence-electron chi connectivity index (χ2n) is 5.08. The highest BCUT2D eigenvalue weighted by atomic mass is 16.5. The predicted octanol–water partition coefficient (Wildman–Crippen LogP) is 1.97. The van der Waals surface area contributed by atoms with E-state index in [1.807, 2.05) is 13.8 Å². The van der Waals surface area contributed by atoms with Gasteiger partial charge in [0, 0.05) is 6.04 Å². The van der Waals surface area contributed by atoms with Crippen LogP contribution < -0.4 is 11.3 Å². The molecule has 3 nitrogen and oxygen atoms in total. The van der Waals surface area contributed by atoms with Crippen LogP contribution in [0.2, 0.25) is 0 Å². The molecule has 94 valence electrons. The van der Waals surface area contributed by atoms with Crippen LogP contribution in [0.1, 0.15) is 37.3 Å². The third-order valence-electron chi connectivity index (χ3n) is 3.40. The van der Waals surface area contributed by atoms with Crippen LogP contribution in [0.4, 0.5) is 0 Å². The predicted molar refractivity (Wildman–Crippen MR) is 69.7 cm³/mol. The van der Waals surface area contributed by atoms with Gasteiger partial charge in [-0.3, -0.25) is 11.3 Å². The average Bonchev–Trinajstić information content (AvgIpc) is 2.29. The Hall–Kier alpha value is -0.900. The number of benzene rings is 1. The van der Waals surface area contributed by atoms with Gasteiger partial charge >= 0.3 is 0 Å². The zero-order chi connectivity index (χ0) is 12.3. The summed E-state index contributed by atoms with van der Waals surface area (Å²) in [5, 5.41) is 0. The summed E-state index contributed by atoms with van der Waals surface area (Å²) in [6.45, 7) is 4.78. The van der Waals surface area contributed by atoms with Crippen molar-refractivity contribution in [3.05, 3.63) is 35.4 Å². The first-order chi connectivity index (χ1) is 8.20. The normalized spacial score (nSPS) is 19.9. The molecule has 0 heterocycles. The molecule has 0 aliphatic heterocycles. The van der Waals surface area contributed by atoms with Crippen molar-refractivity contribution >= 4 is 0 Å². The van der Waals surface area contributed by atoms with Gasteiger partial charge in [0.2, 0.25) is 0 Å². The Balaban J connectivity index is 1.85. The number of hydrogen-bond acceptors (Lipinski definition) is 3.